The molecule has 1 aromatic carbocycles. The summed E-state index contributed by atoms with van der Waals surface area (Å²) in [5, 5.41) is 4.36. The monoisotopic (exact) mass is 364 g/mol. The maximum Gasteiger partial charge on any atom is 0.262 e. The summed E-state index contributed by atoms with van der Waals surface area (Å²) in [6.45, 7) is 2.10. The SMILES string of the molecule is O=C(NCCCN1CCCCCC1=O)c1sc2ccccc2c1Cl. The third-order valence-electron chi connectivity index (χ3n) is 4.30. The number of thiophene rings is 1. The fourth-order valence-electron chi connectivity index (χ4n) is 2.99. The standard InChI is InChI=1S/C18H21ClN2O2S/c19-16-13-7-3-4-8-14(13)24-17(16)18(23)20-10-6-12-21-11-5-1-2-9-15(21)22/h3-4,7-8H,1-2,5-6,9-12H2,(H,20,23). The van der Waals surface area contributed by atoms with Crippen LogP contribution in [-0.2, 0) is 4.79 Å². The van der Waals surface area contributed by atoms with Gasteiger partial charge in [-0.25, -0.2) is 0 Å². The molecule has 1 fully saturated rings. The number of halogens is 1. The number of benzene rings is 1. The van der Waals surface area contributed by atoms with E-state index >= 15 is 0 Å². The van der Waals surface area contributed by atoms with Crippen molar-refractivity contribution in [2.75, 3.05) is 19.6 Å². The van der Waals surface area contributed by atoms with Crippen LogP contribution >= 0.6 is 22.9 Å². The van der Waals surface area contributed by atoms with E-state index in [1.54, 1.807) is 0 Å². The Morgan fingerprint density at radius 3 is 2.92 bits per heavy atom. The van der Waals surface area contributed by atoms with Crippen LogP contribution in [0.2, 0.25) is 5.02 Å². The molecule has 0 spiro atoms. The molecule has 6 heteroatoms. The summed E-state index contributed by atoms with van der Waals surface area (Å²) in [6, 6.07) is 7.75. The van der Waals surface area contributed by atoms with Crippen molar-refractivity contribution in [3.8, 4) is 0 Å². The molecular formula is C18H21ClN2O2S. The Morgan fingerprint density at radius 2 is 2.08 bits per heavy atom. The number of nitrogens with zero attached hydrogens (tertiary/aromatic N) is 1. The highest BCUT2D eigenvalue weighted by atomic mass is 35.5. The van der Waals surface area contributed by atoms with Crippen LogP contribution in [0, 0.1) is 0 Å². The molecule has 1 saturated heterocycles. The van der Waals surface area contributed by atoms with Crippen molar-refractivity contribution in [1.29, 1.82) is 0 Å². The van der Waals surface area contributed by atoms with Gasteiger partial charge in [-0.15, -0.1) is 11.3 Å². The number of likely N-dealkylation sites (tertiary alicyclic amines) is 1. The molecule has 1 N–H and O–H groups in total. The van der Waals surface area contributed by atoms with E-state index in [0.717, 1.165) is 42.3 Å². The number of amides is 2. The molecule has 1 aliphatic rings. The largest absolute Gasteiger partial charge is 0.351 e. The number of hydrogen-bond donors (Lipinski definition) is 1. The van der Waals surface area contributed by atoms with Gasteiger partial charge in [0.2, 0.25) is 5.91 Å². The zero-order valence-corrected chi connectivity index (χ0v) is 15.1. The summed E-state index contributed by atoms with van der Waals surface area (Å²) in [5.41, 5.74) is 0. The predicted octanol–water partition coefficient (Wildman–Crippen LogP) is 4.08. The Bertz CT molecular complexity index is 744. The van der Waals surface area contributed by atoms with Crippen LogP contribution < -0.4 is 5.32 Å². The van der Waals surface area contributed by atoms with E-state index in [0.29, 0.717) is 29.4 Å². The van der Waals surface area contributed by atoms with Crippen LogP contribution in [0.15, 0.2) is 24.3 Å². The predicted molar refractivity (Wildman–Crippen MR) is 98.8 cm³/mol. The summed E-state index contributed by atoms with van der Waals surface area (Å²) in [4.78, 5) is 26.8. The lowest BCUT2D eigenvalue weighted by Gasteiger charge is -2.20. The molecule has 4 nitrogen and oxygen atoms in total. The first-order chi connectivity index (χ1) is 11.7. The van der Waals surface area contributed by atoms with E-state index in [9.17, 15) is 9.59 Å². The van der Waals surface area contributed by atoms with Crippen LogP contribution in [0.3, 0.4) is 0 Å². The van der Waals surface area contributed by atoms with Gasteiger partial charge in [0.1, 0.15) is 4.88 Å². The van der Waals surface area contributed by atoms with Gasteiger partial charge < -0.3 is 10.2 Å². The Kier molecular flexibility index (Phi) is 5.74. The Hall–Kier alpha value is -1.59. The molecule has 3 rings (SSSR count). The highest BCUT2D eigenvalue weighted by Crippen LogP contribution is 2.34. The van der Waals surface area contributed by atoms with Gasteiger partial charge in [-0.3, -0.25) is 9.59 Å². The second-order valence-electron chi connectivity index (χ2n) is 6.04. The first-order valence-electron chi connectivity index (χ1n) is 8.40. The lowest BCUT2D eigenvalue weighted by molar-refractivity contribution is -0.130. The second kappa shape index (κ2) is 7.99. The number of carbonyl (C=O) groups is 2. The lowest BCUT2D eigenvalue weighted by atomic mass is 10.2. The lowest BCUT2D eigenvalue weighted by Crippen LogP contribution is -2.33. The molecule has 0 aliphatic carbocycles. The molecule has 0 radical (unpaired) electrons. The van der Waals surface area contributed by atoms with E-state index < -0.39 is 0 Å². The van der Waals surface area contributed by atoms with Crippen LogP contribution in [-0.4, -0.2) is 36.3 Å². The molecular weight excluding hydrogens is 344 g/mol. The number of carbonyl (C=O) groups excluding carboxylic acids is 2. The summed E-state index contributed by atoms with van der Waals surface area (Å²) in [6.07, 6.45) is 4.62. The zero-order valence-electron chi connectivity index (χ0n) is 13.5. The van der Waals surface area contributed by atoms with E-state index in [1.807, 2.05) is 29.2 Å². The third-order valence-corrected chi connectivity index (χ3v) is 5.98. The molecule has 2 amide bonds. The minimum Gasteiger partial charge on any atom is -0.351 e. The summed E-state index contributed by atoms with van der Waals surface area (Å²) >= 11 is 7.73. The van der Waals surface area contributed by atoms with Gasteiger partial charge in [-0.2, -0.15) is 0 Å². The average Bonchev–Trinajstić information content (AvgIpc) is 2.79. The molecule has 0 saturated carbocycles. The summed E-state index contributed by atoms with van der Waals surface area (Å²) in [5.74, 6) is 0.106. The number of nitrogens with one attached hydrogen (secondary N) is 1. The quantitative estimate of drug-likeness (QED) is 0.813. The van der Waals surface area contributed by atoms with Gasteiger partial charge in [0, 0.05) is 36.1 Å². The maximum atomic E-state index is 12.3. The molecule has 1 aliphatic heterocycles. The van der Waals surface area contributed by atoms with E-state index in [-0.39, 0.29) is 11.8 Å². The molecule has 1 aromatic heterocycles. The van der Waals surface area contributed by atoms with Crippen molar-refractivity contribution >= 4 is 44.8 Å². The van der Waals surface area contributed by atoms with Crippen LogP contribution in [0.5, 0.6) is 0 Å². The minimum atomic E-state index is -0.136. The first kappa shape index (κ1) is 17.2. The highest BCUT2D eigenvalue weighted by Gasteiger charge is 2.18. The van der Waals surface area contributed by atoms with Crippen LogP contribution in [0.1, 0.15) is 41.8 Å². The molecule has 0 atom stereocenters. The smallest absolute Gasteiger partial charge is 0.262 e. The molecule has 0 bridgehead atoms. The van der Waals surface area contributed by atoms with Crippen molar-refractivity contribution in [3.63, 3.8) is 0 Å². The first-order valence-corrected chi connectivity index (χ1v) is 9.59. The summed E-state index contributed by atoms with van der Waals surface area (Å²) in [7, 11) is 0. The van der Waals surface area contributed by atoms with Crippen molar-refractivity contribution in [2.24, 2.45) is 0 Å². The number of rotatable bonds is 5. The van der Waals surface area contributed by atoms with Gasteiger partial charge in [0.25, 0.3) is 5.91 Å². The second-order valence-corrected chi connectivity index (χ2v) is 7.47. The van der Waals surface area contributed by atoms with Crippen molar-refractivity contribution in [3.05, 3.63) is 34.2 Å². The average molecular weight is 365 g/mol. The Labute approximate surface area is 150 Å². The topological polar surface area (TPSA) is 49.4 Å². The van der Waals surface area contributed by atoms with Gasteiger partial charge in [0.15, 0.2) is 0 Å². The molecule has 0 unspecified atom stereocenters. The van der Waals surface area contributed by atoms with Gasteiger partial charge in [-0.05, 0) is 25.3 Å². The number of fused-ring (bicyclic) bond motifs is 1. The Balaban J connectivity index is 1.51. The van der Waals surface area contributed by atoms with Gasteiger partial charge in [-0.1, -0.05) is 36.2 Å². The van der Waals surface area contributed by atoms with E-state index in [4.69, 9.17) is 11.6 Å². The van der Waals surface area contributed by atoms with Gasteiger partial charge in [0.05, 0.1) is 5.02 Å². The van der Waals surface area contributed by atoms with Crippen molar-refractivity contribution in [1.82, 2.24) is 10.2 Å². The van der Waals surface area contributed by atoms with Crippen LogP contribution in [0.25, 0.3) is 10.1 Å². The molecule has 128 valence electrons. The van der Waals surface area contributed by atoms with E-state index in [1.165, 1.54) is 11.3 Å². The molecule has 2 aromatic rings. The fraction of sp³-hybridized carbons (Fsp3) is 0.444. The van der Waals surface area contributed by atoms with E-state index in [2.05, 4.69) is 5.32 Å². The molecule has 24 heavy (non-hydrogen) atoms. The third kappa shape index (κ3) is 3.90. The normalized spacial score (nSPS) is 15.5. The van der Waals surface area contributed by atoms with Crippen LogP contribution in [0.4, 0.5) is 0 Å². The fourth-order valence-corrected chi connectivity index (χ4v) is 4.42. The maximum absolute atomic E-state index is 12.3. The summed E-state index contributed by atoms with van der Waals surface area (Å²) < 4.78 is 1.02. The van der Waals surface area contributed by atoms with Crippen molar-refractivity contribution in [2.45, 2.75) is 32.1 Å². The minimum absolute atomic E-state index is 0.136. The Morgan fingerprint density at radius 1 is 1.25 bits per heavy atom. The van der Waals surface area contributed by atoms with Crippen molar-refractivity contribution < 1.29 is 9.59 Å². The van der Waals surface area contributed by atoms with Gasteiger partial charge >= 0.3 is 0 Å². The molecule has 2 heterocycles. The number of hydrogen-bond acceptors (Lipinski definition) is 3. The highest BCUT2D eigenvalue weighted by molar-refractivity contribution is 7.21. The zero-order chi connectivity index (χ0) is 16.9.